The third kappa shape index (κ3) is 3.90. The molecule has 0 N–H and O–H groups in total. The van der Waals surface area contributed by atoms with Gasteiger partial charge >= 0.3 is 0 Å². The van der Waals surface area contributed by atoms with Gasteiger partial charge in [-0.2, -0.15) is 0 Å². The minimum absolute atomic E-state index is 0.596. The molecule has 21 heavy (non-hydrogen) atoms. The smallest absolute Gasteiger partial charge is 0.159 e. The molecule has 0 amide bonds. The lowest BCUT2D eigenvalue weighted by molar-refractivity contribution is 0.509. The van der Waals surface area contributed by atoms with Crippen LogP contribution in [-0.2, 0) is 0 Å². The summed E-state index contributed by atoms with van der Waals surface area (Å²) in [7, 11) is 0. The number of benzene rings is 2. The molecule has 0 spiro atoms. The van der Waals surface area contributed by atoms with Crippen molar-refractivity contribution in [1.82, 2.24) is 0 Å². The van der Waals surface area contributed by atoms with Crippen molar-refractivity contribution in [1.29, 1.82) is 0 Å². The lowest BCUT2D eigenvalue weighted by atomic mass is 9.89. The van der Waals surface area contributed by atoms with Crippen molar-refractivity contribution in [3.05, 3.63) is 59.7 Å². The molecule has 0 heterocycles. The second kappa shape index (κ2) is 7.35. The van der Waals surface area contributed by atoms with Gasteiger partial charge in [-0.05, 0) is 47.6 Å². The fraction of sp³-hybridized carbons (Fsp3) is 0.368. The molecule has 0 unspecified atom stereocenters. The number of hydrogen-bond donors (Lipinski definition) is 0. The topological polar surface area (TPSA) is 0 Å². The van der Waals surface area contributed by atoms with E-state index in [9.17, 15) is 8.78 Å². The van der Waals surface area contributed by atoms with Crippen molar-refractivity contribution >= 4 is 0 Å². The fourth-order valence-electron chi connectivity index (χ4n) is 2.80. The Morgan fingerprint density at radius 3 is 1.86 bits per heavy atom. The third-order valence-corrected chi connectivity index (χ3v) is 3.91. The standard InChI is InChI=1S/C19H22F2/c1-3-5-14(6-4-2)15-7-9-16(10-8-15)17-11-12-18(20)19(21)13-17/h7-14H,3-6H2,1-2H3. The van der Waals surface area contributed by atoms with Crippen molar-refractivity contribution in [2.24, 2.45) is 0 Å². The van der Waals surface area contributed by atoms with Crippen LogP contribution in [0.4, 0.5) is 8.78 Å². The van der Waals surface area contributed by atoms with Gasteiger partial charge in [-0.15, -0.1) is 0 Å². The van der Waals surface area contributed by atoms with E-state index in [0.717, 1.165) is 5.56 Å². The Bertz CT molecular complexity index is 567. The molecule has 0 aliphatic heterocycles. The second-order valence-corrected chi connectivity index (χ2v) is 5.53. The summed E-state index contributed by atoms with van der Waals surface area (Å²) < 4.78 is 26.3. The van der Waals surface area contributed by atoms with Crippen molar-refractivity contribution in [3.8, 4) is 11.1 Å². The Kier molecular flexibility index (Phi) is 5.49. The summed E-state index contributed by atoms with van der Waals surface area (Å²) in [5.41, 5.74) is 2.97. The Balaban J connectivity index is 2.22. The molecule has 2 aromatic rings. The lowest BCUT2D eigenvalue weighted by Gasteiger charge is -2.16. The zero-order chi connectivity index (χ0) is 15.2. The number of rotatable bonds is 6. The van der Waals surface area contributed by atoms with E-state index in [1.165, 1.54) is 43.4 Å². The molecule has 0 aliphatic rings. The maximum absolute atomic E-state index is 13.3. The first-order valence-electron chi connectivity index (χ1n) is 7.71. The largest absolute Gasteiger partial charge is 0.204 e. The Morgan fingerprint density at radius 2 is 1.33 bits per heavy atom. The predicted octanol–water partition coefficient (Wildman–Crippen LogP) is 6.32. The first-order chi connectivity index (χ1) is 10.2. The molecule has 2 aromatic carbocycles. The van der Waals surface area contributed by atoms with Crippen LogP contribution >= 0.6 is 0 Å². The quantitative estimate of drug-likeness (QED) is 0.583. The van der Waals surface area contributed by atoms with E-state index in [-0.39, 0.29) is 0 Å². The molecule has 0 saturated heterocycles. The maximum atomic E-state index is 13.3. The average molecular weight is 288 g/mol. The van der Waals surface area contributed by atoms with E-state index in [2.05, 4.69) is 26.0 Å². The van der Waals surface area contributed by atoms with E-state index in [0.29, 0.717) is 11.5 Å². The molecule has 0 aliphatic carbocycles. The van der Waals surface area contributed by atoms with Gasteiger partial charge < -0.3 is 0 Å². The van der Waals surface area contributed by atoms with Crippen LogP contribution in [0.1, 0.15) is 51.0 Å². The normalized spacial score (nSPS) is 11.1. The predicted molar refractivity (Wildman–Crippen MR) is 84.4 cm³/mol. The lowest BCUT2D eigenvalue weighted by Crippen LogP contribution is -1.98. The van der Waals surface area contributed by atoms with Gasteiger partial charge in [0.25, 0.3) is 0 Å². The maximum Gasteiger partial charge on any atom is 0.159 e. The first-order valence-corrected chi connectivity index (χ1v) is 7.71. The van der Waals surface area contributed by atoms with Crippen molar-refractivity contribution in [2.75, 3.05) is 0 Å². The van der Waals surface area contributed by atoms with Crippen LogP contribution in [0.5, 0.6) is 0 Å². The van der Waals surface area contributed by atoms with Crippen molar-refractivity contribution in [3.63, 3.8) is 0 Å². The molecule has 0 fully saturated rings. The highest BCUT2D eigenvalue weighted by atomic mass is 19.2. The molecule has 112 valence electrons. The van der Waals surface area contributed by atoms with Crippen LogP contribution in [0.25, 0.3) is 11.1 Å². The van der Waals surface area contributed by atoms with Gasteiger partial charge in [-0.25, -0.2) is 8.78 Å². The van der Waals surface area contributed by atoms with E-state index in [4.69, 9.17) is 0 Å². The third-order valence-electron chi connectivity index (χ3n) is 3.91. The monoisotopic (exact) mass is 288 g/mol. The summed E-state index contributed by atoms with van der Waals surface area (Å²) in [5.74, 6) is -1.01. The molecule has 0 nitrogen and oxygen atoms in total. The summed E-state index contributed by atoms with van der Waals surface area (Å²) in [5, 5.41) is 0. The average Bonchev–Trinajstić information content (AvgIpc) is 2.50. The Labute approximate surface area is 125 Å². The molecule has 2 rings (SSSR count). The van der Waals surface area contributed by atoms with Crippen LogP contribution < -0.4 is 0 Å². The summed E-state index contributed by atoms with van der Waals surface area (Å²) in [4.78, 5) is 0. The zero-order valence-electron chi connectivity index (χ0n) is 12.7. The summed E-state index contributed by atoms with van der Waals surface area (Å²) >= 11 is 0. The van der Waals surface area contributed by atoms with E-state index < -0.39 is 11.6 Å². The van der Waals surface area contributed by atoms with Crippen molar-refractivity contribution in [2.45, 2.75) is 45.4 Å². The molecule has 0 aromatic heterocycles. The van der Waals surface area contributed by atoms with Gasteiger partial charge in [0.1, 0.15) is 0 Å². The van der Waals surface area contributed by atoms with E-state index >= 15 is 0 Å². The molecule has 0 atom stereocenters. The second-order valence-electron chi connectivity index (χ2n) is 5.53. The van der Waals surface area contributed by atoms with Crippen LogP contribution in [0.3, 0.4) is 0 Å². The van der Waals surface area contributed by atoms with Crippen LogP contribution in [0.2, 0.25) is 0 Å². The van der Waals surface area contributed by atoms with Crippen LogP contribution in [-0.4, -0.2) is 0 Å². The summed E-state index contributed by atoms with van der Waals surface area (Å²) in [6.45, 7) is 4.41. The summed E-state index contributed by atoms with van der Waals surface area (Å²) in [6.07, 6.45) is 4.74. The van der Waals surface area contributed by atoms with Crippen LogP contribution in [0.15, 0.2) is 42.5 Å². The molecular weight excluding hydrogens is 266 g/mol. The molecular formula is C19H22F2. The highest BCUT2D eigenvalue weighted by Crippen LogP contribution is 2.29. The fourth-order valence-corrected chi connectivity index (χ4v) is 2.80. The SMILES string of the molecule is CCCC(CCC)c1ccc(-c2ccc(F)c(F)c2)cc1. The molecule has 0 radical (unpaired) electrons. The van der Waals surface area contributed by atoms with E-state index in [1.807, 2.05) is 12.1 Å². The zero-order valence-corrected chi connectivity index (χ0v) is 12.7. The summed E-state index contributed by atoms with van der Waals surface area (Å²) in [6, 6.07) is 12.3. The molecule has 2 heteroatoms. The van der Waals surface area contributed by atoms with Gasteiger partial charge in [0.2, 0.25) is 0 Å². The van der Waals surface area contributed by atoms with Gasteiger partial charge in [-0.3, -0.25) is 0 Å². The van der Waals surface area contributed by atoms with Gasteiger partial charge in [0, 0.05) is 0 Å². The van der Waals surface area contributed by atoms with Gasteiger partial charge in [-0.1, -0.05) is 57.0 Å². The molecule has 0 saturated carbocycles. The molecule has 0 bridgehead atoms. The first kappa shape index (κ1) is 15.7. The minimum Gasteiger partial charge on any atom is -0.204 e. The highest BCUT2D eigenvalue weighted by Gasteiger charge is 2.10. The number of halogens is 2. The Hall–Kier alpha value is -1.70. The van der Waals surface area contributed by atoms with E-state index in [1.54, 1.807) is 6.07 Å². The highest BCUT2D eigenvalue weighted by molar-refractivity contribution is 5.63. The number of hydrogen-bond acceptors (Lipinski definition) is 0. The van der Waals surface area contributed by atoms with Gasteiger partial charge in [0.15, 0.2) is 11.6 Å². The minimum atomic E-state index is -0.804. The van der Waals surface area contributed by atoms with Crippen molar-refractivity contribution < 1.29 is 8.78 Å². The Morgan fingerprint density at radius 1 is 0.762 bits per heavy atom. The van der Waals surface area contributed by atoms with Crippen LogP contribution in [0, 0.1) is 11.6 Å². The van der Waals surface area contributed by atoms with Gasteiger partial charge in [0.05, 0.1) is 0 Å².